The number of hydrogen-bond donors (Lipinski definition) is 1. The minimum atomic E-state index is 0.297. The third-order valence-electron chi connectivity index (χ3n) is 3.66. The zero-order valence-electron chi connectivity index (χ0n) is 13.0. The van der Waals surface area contributed by atoms with Crippen molar-refractivity contribution in [2.24, 2.45) is 0 Å². The third-order valence-corrected chi connectivity index (χ3v) is 4.01. The Labute approximate surface area is 128 Å². The zero-order chi connectivity index (χ0) is 15.0. The van der Waals surface area contributed by atoms with Crippen molar-refractivity contribution in [3.05, 3.63) is 34.9 Å². The van der Waals surface area contributed by atoms with Crippen LogP contribution in [0.3, 0.4) is 0 Å². The van der Waals surface area contributed by atoms with Crippen molar-refractivity contribution < 1.29 is 4.74 Å². The molecule has 0 heterocycles. The van der Waals surface area contributed by atoms with E-state index in [0.29, 0.717) is 12.1 Å². The van der Waals surface area contributed by atoms with Crippen LogP contribution in [0.1, 0.15) is 31.9 Å². The smallest absolute Gasteiger partial charge is 0.0615 e. The molecule has 20 heavy (non-hydrogen) atoms. The van der Waals surface area contributed by atoms with Crippen LogP contribution in [0, 0.1) is 0 Å². The van der Waals surface area contributed by atoms with Gasteiger partial charge in [-0.25, -0.2) is 0 Å². The highest BCUT2D eigenvalue weighted by Crippen LogP contribution is 2.25. The summed E-state index contributed by atoms with van der Waals surface area (Å²) in [5.41, 5.74) is 1.18. The van der Waals surface area contributed by atoms with E-state index in [1.54, 1.807) is 7.11 Å². The van der Waals surface area contributed by atoms with Crippen LogP contribution in [-0.4, -0.2) is 44.8 Å². The molecule has 0 bridgehead atoms. The summed E-state index contributed by atoms with van der Waals surface area (Å²) in [5, 5.41) is 4.36. The van der Waals surface area contributed by atoms with E-state index in [-0.39, 0.29) is 0 Å². The fourth-order valence-electron chi connectivity index (χ4n) is 2.29. The molecule has 0 spiro atoms. The van der Waals surface area contributed by atoms with Gasteiger partial charge in [0.05, 0.1) is 6.61 Å². The fourth-order valence-corrected chi connectivity index (χ4v) is 2.56. The Bertz CT molecular complexity index is 386. The number of methoxy groups -OCH3 is 1. The maximum atomic E-state index is 6.31. The molecule has 0 aliphatic heterocycles. The van der Waals surface area contributed by atoms with Crippen LogP contribution in [0.4, 0.5) is 0 Å². The lowest BCUT2D eigenvalue weighted by atomic mass is 10.0. The average Bonchev–Trinajstić information content (AvgIpc) is 2.44. The molecule has 1 aromatic carbocycles. The minimum absolute atomic E-state index is 0.297. The first-order chi connectivity index (χ1) is 9.60. The molecule has 114 valence electrons. The molecular weight excluding hydrogens is 272 g/mol. The van der Waals surface area contributed by atoms with E-state index in [1.165, 1.54) is 5.56 Å². The molecule has 2 unspecified atom stereocenters. The second-order valence-corrected chi connectivity index (χ2v) is 5.61. The molecule has 1 rings (SSSR count). The van der Waals surface area contributed by atoms with Gasteiger partial charge in [-0.15, -0.1) is 0 Å². The van der Waals surface area contributed by atoms with E-state index < -0.39 is 0 Å². The molecule has 1 aromatic rings. The van der Waals surface area contributed by atoms with Crippen molar-refractivity contribution in [3.63, 3.8) is 0 Å². The fraction of sp³-hybridized carbons (Fsp3) is 0.625. The number of halogens is 1. The van der Waals surface area contributed by atoms with Crippen LogP contribution >= 0.6 is 11.6 Å². The monoisotopic (exact) mass is 298 g/mol. The standard InChI is InChI=1S/C16H27ClN2O/c1-5-18-16(14-8-6-7-9-15(14)17)10-11-19(3)13(2)12-20-4/h6-9,13,16,18H,5,10-12H2,1-4H3. The van der Waals surface area contributed by atoms with Gasteiger partial charge < -0.3 is 15.0 Å². The molecule has 0 radical (unpaired) electrons. The predicted octanol–water partition coefficient (Wildman–Crippen LogP) is 3.35. The number of nitrogens with zero attached hydrogens (tertiary/aromatic N) is 1. The molecule has 0 amide bonds. The highest BCUT2D eigenvalue weighted by molar-refractivity contribution is 6.31. The Morgan fingerprint density at radius 2 is 2.05 bits per heavy atom. The van der Waals surface area contributed by atoms with Gasteiger partial charge in [-0.3, -0.25) is 0 Å². The van der Waals surface area contributed by atoms with Gasteiger partial charge in [0.1, 0.15) is 0 Å². The minimum Gasteiger partial charge on any atom is -0.383 e. The topological polar surface area (TPSA) is 24.5 Å². The zero-order valence-corrected chi connectivity index (χ0v) is 13.8. The molecule has 0 aliphatic rings. The van der Waals surface area contributed by atoms with E-state index in [2.05, 4.69) is 37.2 Å². The van der Waals surface area contributed by atoms with Crippen LogP contribution < -0.4 is 5.32 Å². The molecule has 0 saturated carbocycles. The number of ether oxygens (including phenoxy) is 1. The molecule has 0 saturated heterocycles. The largest absolute Gasteiger partial charge is 0.383 e. The third kappa shape index (κ3) is 5.41. The van der Waals surface area contributed by atoms with Gasteiger partial charge in [0, 0.05) is 30.8 Å². The van der Waals surface area contributed by atoms with Crippen molar-refractivity contribution in [1.82, 2.24) is 10.2 Å². The van der Waals surface area contributed by atoms with Crippen LogP contribution in [0.15, 0.2) is 24.3 Å². The highest BCUT2D eigenvalue weighted by Gasteiger charge is 2.16. The first kappa shape index (κ1) is 17.4. The lowest BCUT2D eigenvalue weighted by Gasteiger charge is -2.27. The summed E-state index contributed by atoms with van der Waals surface area (Å²) in [6, 6.07) is 8.80. The van der Waals surface area contributed by atoms with E-state index in [0.717, 1.165) is 31.1 Å². The van der Waals surface area contributed by atoms with Crippen LogP contribution in [-0.2, 0) is 4.74 Å². The summed E-state index contributed by atoms with van der Waals surface area (Å²) in [7, 11) is 3.88. The number of rotatable bonds is 9. The van der Waals surface area contributed by atoms with E-state index >= 15 is 0 Å². The van der Waals surface area contributed by atoms with Gasteiger partial charge >= 0.3 is 0 Å². The SMILES string of the molecule is CCNC(CCN(C)C(C)COC)c1ccccc1Cl. The molecule has 0 aromatic heterocycles. The van der Waals surface area contributed by atoms with Crippen LogP contribution in [0.2, 0.25) is 5.02 Å². The molecular formula is C16H27ClN2O. The second-order valence-electron chi connectivity index (χ2n) is 5.21. The van der Waals surface area contributed by atoms with Gasteiger partial charge in [0.2, 0.25) is 0 Å². The Kier molecular flexibility index (Phi) is 8.15. The van der Waals surface area contributed by atoms with Crippen molar-refractivity contribution in [2.75, 3.05) is 33.9 Å². The Balaban J connectivity index is 2.62. The van der Waals surface area contributed by atoms with Gasteiger partial charge in [-0.1, -0.05) is 36.7 Å². The summed E-state index contributed by atoms with van der Waals surface area (Å²) in [6.07, 6.45) is 1.03. The molecule has 2 atom stereocenters. The van der Waals surface area contributed by atoms with E-state index in [1.807, 2.05) is 18.2 Å². The lowest BCUT2D eigenvalue weighted by Crippen LogP contribution is -2.35. The summed E-state index contributed by atoms with van der Waals surface area (Å²) in [6.45, 7) is 7.01. The maximum absolute atomic E-state index is 6.31. The summed E-state index contributed by atoms with van der Waals surface area (Å²) in [4.78, 5) is 2.32. The first-order valence-electron chi connectivity index (χ1n) is 7.27. The summed E-state index contributed by atoms with van der Waals surface area (Å²) >= 11 is 6.31. The second kappa shape index (κ2) is 9.35. The first-order valence-corrected chi connectivity index (χ1v) is 7.64. The van der Waals surface area contributed by atoms with Crippen molar-refractivity contribution in [3.8, 4) is 0 Å². The lowest BCUT2D eigenvalue weighted by molar-refractivity contribution is 0.113. The van der Waals surface area contributed by atoms with Crippen molar-refractivity contribution >= 4 is 11.6 Å². The molecule has 0 fully saturated rings. The molecule has 4 heteroatoms. The summed E-state index contributed by atoms with van der Waals surface area (Å²) < 4.78 is 5.20. The van der Waals surface area contributed by atoms with Gasteiger partial charge in [0.15, 0.2) is 0 Å². The molecule has 3 nitrogen and oxygen atoms in total. The van der Waals surface area contributed by atoms with Crippen molar-refractivity contribution in [2.45, 2.75) is 32.4 Å². The van der Waals surface area contributed by atoms with Gasteiger partial charge in [-0.05, 0) is 38.6 Å². The van der Waals surface area contributed by atoms with E-state index in [4.69, 9.17) is 16.3 Å². The maximum Gasteiger partial charge on any atom is 0.0615 e. The van der Waals surface area contributed by atoms with Crippen molar-refractivity contribution in [1.29, 1.82) is 0 Å². The number of nitrogens with one attached hydrogen (secondary N) is 1. The van der Waals surface area contributed by atoms with Crippen LogP contribution in [0.25, 0.3) is 0 Å². The number of hydrogen-bond acceptors (Lipinski definition) is 3. The Hall–Kier alpha value is -0.610. The van der Waals surface area contributed by atoms with Gasteiger partial charge in [-0.2, -0.15) is 0 Å². The van der Waals surface area contributed by atoms with Crippen LogP contribution in [0.5, 0.6) is 0 Å². The molecule has 0 aliphatic carbocycles. The highest BCUT2D eigenvalue weighted by atomic mass is 35.5. The normalized spacial score (nSPS) is 14.5. The Morgan fingerprint density at radius 3 is 2.65 bits per heavy atom. The number of benzene rings is 1. The molecule has 1 N–H and O–H groups in total. The quantitative estimate of drug-likeness (QED) is 0.757. The van der Waals surface area contributed by atoms with E-state index in [9.17, 15) is 0 Å². The Morgan fingerprint density at radius 1 is 1.35 bits per heavy atom. The average molecular weight is 299 g/mol. The van der Waals surface area contributed by atoms with Gasteiger partial charge in [0.25, 0.3) is 0 Å². The predicted molar refractivity (Wildman–Crippen MR) is 86.5 cm³/mol. The number of likely N-dealkylation sites (N-methyl/N-ethyl adjacent to an activating group) is 1. The summed E-state index contributed by atoms with van der Waals surface area (Å²) in [5.74, 6) is 0.